The van der Waals surface area contributed by atoms with Crippen molar-refractivity contribution in [3.8, 4) is 11.5 Å². The molecule has 5 nitrogen and oxygen atoms in total. The van der Waals surface area contributed by atoms with E-state index in [1.165, 1.54) is 12.1 Å². The molecule has 0 amide bonds. The fourth-order valence-corrected chi connectivity index (χ4v) is 1.21. The number of thiol groups is 1. The van der Waals surface area contributed by atoms with Gasteiger partial charge >= 0.3 is 11.9 Å². The predicted octanol–water partition coefficient (Wildman–Crippen LogP) is 1.32. The maximum Gasteiger partial charge on any atom is 0.339 e. The molecule has 1 rings (SSSR count). The van der Waals surface area contributed by atoms with E-state index in [1.807, 2.05) is 0 Å². The smallest absolute Gasteiger partial charge is 0.339 e. The third kappa shape index (κ3) is 3.16. The Balaban J connectivity index is 2.81. The van der Waals surface area contributed by atoms with E-state index in [2.05, 4.69) is 12.6 Å². The van der Waals surface area contributed by atoms with Crippen LogP contribution >= 0.6 is 12.6 Å². The van der Waals surface area contributed by atoms with Crippen LogP contribution < -0.4 is 4.74 Å². The number of aromatic hydroxyl groups is 1. The molecule has 0 saturated carbocycles. The molecule has 16 heavy (non-hydrogen) atoms. The Kier molecular flexibility index (Phi) is 4.19. The molecule has 0 aliphatic rings. The van der Waals surface area contributed by atoms with Crippen molar-refractivity contribution in [1.29, 1.82) is 0 Å². The zero-order chi connectivity index (χ0) is 12.1. The van der Waals surface area contributed by atoms with Gasteiger partial charge in [0.2, 0.25) is 0 Å². The van der Waals surface area contributed by atoms with Crippen LogP contribution in [-0.4, -0.2) is 27.9 Å². The van der Waals surface area contributed by atoms with Crippen molar-refractivity contribution < 1.29 is 24.5 Å². The Hall–Kier alpha value is -1.69. The molecule has 0 unspecified atom stereocenters. The zero-order valence-corrected chi connectivity index (χ0v) is 9.11. The number of carboxylic acid groups (broad SMARTS) is 1. The van der Waals surface area contributed by atoms with E-state index < -0.39 is 17.7 Å². The summed E-state index contributed by atoms with van der Waals surface area (Å²) in [7, 11) is 0. The number of ether oxygens (including phenoxy) is 1. The molecule has 0 radical (unpaired) electrons. The number of hydrogen-bond donors (Lipinski definition) is 3. The maximum absolute atomic E-state index is 11.1. The minimum absolute atomic E-state index is 0.106. The van der Waals surface area contributed by atoms with E-state index in [-0.39, 0.29) is 17.7 Å². The Labute approximate surface area is 97.1 Å². The summed E-state index contributed by atoms with van der Waals surface area (Å²) in [4.78, 5) is 21.7. The quantitative estimate of drug-likeness (QED) is 0.421. The second-order valence-electron chi connectivity index (χ2n) is 2.93. The first-order valence-electron chi connectivity index (χ1n) is 4.42. The summed E-state index contributed by atoms with van der Waals surface area (Å²) < 4.78 is 4.83. The van der Waals surface area contributed by atoms with E-state index in [1.54, 1.807) is 0 Å². The summed E-state index contributed by atoms with van der Waals surface area (Å²) in [5, 5.41) is 18.0. The molecule has 1 aromatic rings. The molecule has 0 heterocycles. The molecule has 0 aliphatic carbocycles. The van der Waals surface area contributed by atoms with Gasteiger partial charge in [0, 0.05) is 11.8 Å². The summed E-state index contributed by atoms with van der Waals surface area (Å²) in [6, 6.07) is 3.56. The molecule has 1 aromatic carbocycles. The van der Waals surface area contributed by atoms with Gasteiger partial charge in [-0.1, -0.05) is 0 Å². The van der Waals surface area contributed by atoms with E-state index in [9.17, 15) is 14.7 Å². The molecular weight excluding hydrogens is 232 g/mol. The van der Waals surface area contributed by atoms with Crippen LogP contribution in [0.1, 0.15) is 16.8 Å². The largest absolute Gasteiger partial charge is 0.507 e. The Morgan fingerprint density at radius 1 is 1.38 bits per heavy atom. The lowest BCUT2D eigenvalue weighted by atomic mass is 10.2. The molecule has 0 atom stereocenters. The van der Waals surface area contributed by atoms with Gasteiger partial charge in [-0.15, -0.1) is 0 Å². The maximum atomic E-state index is 11.1. The van der Waals surface area contributed by atoms with Gasteiger partial charge in [0.15, 0.2) is 0 Å². The number of phenols is 1. The lowest BCUT2D eigenvalue weighted by Gasteiger charge is -2.05. The lowest BCUT2D eigenvalue weighted by molar-refractivity contribution is -0.133. The topological polar surface area (TPSA) is 83.8 Å². The van der Waals surface area contributed by atoms with Gasteiger partial charge in [-0.05, 0) is 12.1 Å². The number of carboxylic acids is 1. The number of hydrogen-bond acceptors (Lipinski definition) is 5. The van der Waals surface area contributed by atoms with Crippen molar-refractivity contribution in [3.05, 3.63) is 23.8 Å². The van der Waals surface area contributed by atoms with Crippen molar-refractivity contribution in [2.75, 3.05) is 5.75 Å². The fraction of sp³-hybridized carbons (Fsp3) is 0.200. The standard InChI is InChI=1S/C10H10O5S/c11-8-5-6(15-9(12)3-4-16)1-2-7(8)10(13)14/h1-2,5,11,16H,3-4H2,(H,13,14). The lowest BCUT2D eigenvalue weighted by Crippen LogP contribution is -2.08. The first-order chi connectivity index (χ1) is 7.54. The van der Waals surface area contributed by atoms with E-state index >= 15 is 0 Å². The molecular formula is C10H10O5S. The monoisotopic (exact) mass is 242 g/mol. The summed E-state index contributed by atoms with van der Waals surface area (Å²) in [6.07, 6.45) is 0.143. The molecule has 86 valence electrons. The van der Waals surface area contributed by atoms with Crippen LogP contribution in [0.2, 0.25) is 0 Å². The van der Waals surface area contributed by atoms with Gasteiger partial charge in [0.25, 0.3) is 0 Å². The van der Waals surface area contributed by atoms with Crippen molar-refractivity contribution in [3.63, 3.8) is 0 Å². The fourth-order valence-electron chi connectivity index (χ4n) is 1.03. The van der Waals surface area contributed by atoms with Gasteiger partial charge in [-0.2, -0.15) is 12.6 Å². The molecule has 0 aromatic heterocycles. The summed E-state index contributed by atoms with van der Waals surface area (Å²) in [5.41, 5.74) is -0.242. The SMILES string of the molecule is O=C(CCS)Oc1ccc(C(=O)O)c(O)c1. The second kappa shape index (κ2) is 5.41. The average molecular weight is 242 g/mol. The predicted molar refractivity (Wildman–Crippen MR) is 59.2 cm³/mol. The van der Waals surface area contributed by atoms with E-state index in [4.69, 9.17) is 9.84 Å². The van der Waals surface area contributed by atoms with Crippen LogP contribution in [0.3, 0.4) is 0 Å². The van der Waals surface area contributed by atoms with Crippen LogP contribution in [-0.2, 0) is 4.79 Å². The molecule has 2 N–H and O–H groups in total. The minimum atomic E-state index is -1.24. The van der Waals surface area contributed by atoms with Gasteiger partial charge in [0.1, 0.15) is 17.1 Å². The van der Waals surface area contributed by atoms with Gasteiger partial charge in [-0.25, -0.2) is 4.79 Å². The zero-order valence-electron chi connectivity index (χ0n) is 8.21. The molecule has 0 spiro atoms. The highest BCUT2D eigenvalue weighted by Gasteiger charge is 2.11. The number of esters is 1. The number of carbonyl (C=O) groups excluding carboxylic acids is 1. The van der Waals surface area contributed by atoms with Crippen molar-refractivity contribution in [2.45, 2.75) is 6.42 Å². The molecule has 6 heteroatoms. The first-order valence-corrected chi connectivity index (χ1v) is 5.05. The number of aromatic carboxylic acids is 1. The normalized spacial score (nSPS) is 9.81. The Morgan fingerprint density at radius 2 is 2.06 bits per heavy atom. The summed E-state index contributed by atoms with van der Waals surface area (Å²) in [6.45, 7) is 0. The summed E-state index contributed by atoms with van der Waals surface area (Å²) in [5.74, 6) is -1.71. The van der Waals surface area contributed by atoms with Crippen molar-refractivity contribution in [2.24, 2.45) is 0 Å². The van der Waals surface area contributed by atoms with Gasteiger partial charge in [-0.3, -0.25) is 4.79 Å². The van der Waals surface area contributed by atoms with Crippen LogP contribution in [0, 0.1) is 0 Å². The van der Waals surface area contributed by atoms with Crippen LogP contribution in [0.25, 0.3) is 0 Å². The average Bonchev–Trinajstić information content (AvgIpc) is 2.17. The molecule has 0 fully saturated rings. The van der Waals surface area contributed by atoms with Crippen LogP contribution in [0.4, 0.5) is 0 Å². The van der Waals surface area contributed by atoms with Crippen LogP contribution in [0.5, 0.6) is 11.5 Å². The number of carbonyl (C=O) groups is 2. The number of benzene rings is 1. The highest BCUT2D eigenvalue weighted by molar-refractivity contribution is 7.80. The van der Waals surface area contributed by atoms with Gasteiger partial charge < -0.3 is 14.9 Å². The number of rotatable bonds is 4. The molecule has 0 aliphatic heterocycles. The van der Waals surface area contributed by atoms with Crippen molar-refractivity contribution in [1.82, 2.24) is 0 Å². The molecule has 0 saturated heterocycles. The second-order valence-corrected chi connectivity index (χ2v) is 3.38. The van der Waals surface area contributed by atoms with Gasteiger partial charge in [0.05, 0.1) is 6.42 Å². The van der Waals surface area contributed by atoms with Crippen molar-refractivity contribution >= 4 is 24.6 Å². The molecule has 0 bridgehead atoms. The highest BCUT2D eigenvalue weighted by Crippen LogP contribution is 2.23. The minimum Gasteiger partial charge on any atom is -0.507 e. The van der Waals surface area contributed by atoms with E-state index in [0.717, 1.165) is 6.07 Å². The first kappa shape index (κ1) is 12.4. The van der Waals surface area contributed by atoms with Crippen LogP contribution in [0.15, 0.2) is 18.2 Å². The van der Waals surface area contributed by atoms with E-state index in [0.29, 0.717) is 5.75 Å². The Morgan fingerprint density at radius 3 is 2.56 bits per heavy atom. The Bertz CT molecular complexity index is 416. The summed E-state index contributed by atoms with van der Waals surface area (Å²) >= 11 is 3.86. The highest BCUT2D eigenvalue weighted by atomic mass is 32.1. The third-order valence-corrected chi connectivity index (χ3v) is 1.97. The third-order valence-electron chi connectivity index (χ3n) is 1.75.